The van der Waals surface area contributed by atoms with Crippen LogP contribution in [0.15, 0.2) is 0 Å². The largest absolute Gasteiger partial charge is 0.377 e. The van der Waals surface area contributed by atoms with Gasteiger partial charge in [-0.25, -0.2) is 0 Å². The van der Waals surface area contributed by atoms with Gasteiger partial charge in [0.1, 0.15) is 0 Å². The first-order valence-electron chi connectivity index (χ1n) is 7.68. The van der Waals surface area contributed by atoms with Crippen LogP contribution in [0.3, 0.4) is 0 Å². The molecule has 1 heterocycles. The van der Waals surface area contributed by atoms with Gasteiger partial charge in [-0.05, 0) is 23.7 Å². The maximum Gasteiger partial charge on any atom is 0.237 e. The van der Waals surface area contributed by atoms with Gasteiger partial charge in [0.15, 0.2) is 0 Å². The molecule has 0 spiro atoms. The Morgan fingerprint density at radius 3 is 2.33 bits per heavy atom. The van der Waals surface area contributed by atoms with Crippen molar-refractivity contribution in [1.82, 2.24) is 5.32 Å². The van der Waals surface area contributed by atoms with Crippen LogP contribution in [-0.2, 0) is 9.53 Å². The quantitative estimate of drug-likeness (QED) is 0.840. The Bertz CT molecular complexity index is 334. The Morgan fingerprint density at radius 1 is 1.29 bits per heavy atom. The molecule has 3 N–H and O–H groups in total. The molecule has 1 rings (SSSR count). The SMILES string of the molecule is CC(C)(C)C1OCCCC1CNC(=O)[C@@H](N)C(C)(C)C.Cl. The van der Waals surface area contributed by atoms with Crippen LogP contribution in [0.5, 0.6) is 0 Å². The molecule has 21 heavy (non-hydrogen) atoms. The molecule has 0 aromatic carbocycles. The van der Waals surface area contributed by atoms with Crippen LogP contribution in [-0.4, -0.2) is 31.2 Å². The van der Waals surface area contributed by atoms with Crippen LogP contribution >= 0.6 is 12.4 Å². The zero-order valence-corrected chi connectivity index (χ0v) is 15.2. The average Bonchev–Trinajstić information content (AvgIpc) is 2.33. The summed E-state index contributed by atoms with van der Waals surface area (Å²) in [6.45, 7) is 14.0. The summed E-state index contributed by atoms with van der Waals surface area (Å²) in [5.74, 6) is 0.315. The summed E-state index contributed by atoms with van der Waals surface area (Å²) < 4.78 is 5.93. The molecule has 1 aliphatic heterocycles. The first-order chi connectivity index (χ1) is 9.03. The van der Waals surface area contributed by atoms with E-state index < -0.39 is 6.04 Å². The van der Waals surface area contributed by atoms with Crippen LogP contribution in [0.1, 0.15) is 54.4 Å². The minimum absolute atomic E-state index is 0. The molecular formula is C16H33ClN2O2. The highest BCUT2D eigenvalue weighted by Gasteiger charge is 2.36. The first kappa shape index (κ1) is 20.7. The average molecular weight is 321 g/mol. The predicted octanol–water partition coefficient (Wildman–Crippen LogP) is 2.74. The van der Waals surface area contributed by atoms with E-state index in [4.69, 9.17) is 10.5 Å². The Balaban J connectivity index is 0.00000400. The summed E-state index contributed by atoms with van der Waals surface area (Å²) in [5, 5.41) is 3.02. The van der Waals surface area contributed by atoms with Crippen molar-refractivity contribution in [2.24, 2.45) is 22.5 Å². The number of ether oxygens (including phenoxy) is 1. The summed E-state index contributed by atoms with van der Waals surface area (Å²) in [7, 11) is 0. The highest BCUT2D eigenvalue weighted by atomic mass is 35.5. The molecule has 1 fully saturated rings. The molecule has 1 saturated heterocycles. The van der Waals surface area contributed by atoms with Gasteiger partial charge in [0, 0.05) is 19.1 Å². The van der Waals surface area contributed by atoms with Gasteiger partial charge in [-0.3, -0.25) is 4.79 Å². The molecule has 0 saturated carbocycles. The van der Waals surface area contributed by atoms with E-state index in [1.807, 2.05) is 20.8 Å². The number of hydrogen-bond acceptors (Lipinski definition) is 3. The second-order valence-electron chi connectivity index (χ2n) is 8.15. The molecule has 1 aliphatic rings. The molecule has 0 aliphatic carbocycles. The van der Waals surface area contributed by atoms with E-state index in [-0.39, 0.29) is 35.2 Å². The van der Waals surface area contributed by atoms with Crippen LogP contribution in [0, 0.1) is 16.7 Å². The van der Waals surface area contributed by atoms with Gasteiger partial charge >= 0.3 is 0 Å². The molecule has 1 amide bonds. The first-order valence-corrected chi connectivity index (χ1v) is 7.68. The van der Waals surface area contributed by atoms with E-state index >= 15 is 0 Å². The van der Waals surface area contributed by atoms with Crippen LogP contribution in [0.25, 0.3) is 0 Å². The fraction of sp³-hybridized carbons (Fsp3) is 0.938. The van der Waals surface area contributed by atoms with Crippen molar-refractivity contribution in [3.05, 3.63) is 0 Å². The van der Waals surface area contributed by atoms with Crippen molar-refractivity contribution in [3.63, 3.8) is 0 Å². The summed E-state index contributed by atoms with van der Waals surface area (Å²) in [6, 6.07) is -0.472. The van der Waals surface area contributed by atoms with Gasteiger partial charge in [-0.1, -0.05) is 41.5 Å². The molecule has 4 nitrogen and oxygen atoms in total. The Labute approximate surface area is 136 Å². The summed E-state index contributed by atoms with van der Waals surface area (Å²) in [6.07, 6.45) is 2.37. The number of nitrogens with one attached hydrogen (secondary N) is 1. The standard InChI is InChI=1S/C16H32N2O2.ClH/c1-15(2,3)12(17)14(19)18-10-11-8-7-9-20-13(11)16(4,5)6;/h11-13H,7-10,17H2,1-6H3,(H,18,19);1H/t11?,12-,13?;/m1./s1. The number of nitrogens with two attached hydrogens (primary N) is 1. The third-order valence-corrected chi connectivity index (χ3v) is 4.05. The zero-order valence-electron chi connectivity index (χ0n) is 14.4. The zero-order chi connectivity index (χ0) is 15.6. The number of hydrogen-bond donors (Lipinski definition) is 2. The highest BCUT2D eigenvalue weighted by molar-refractivity contribution is 5.85. The second-order valence-corrected chi connectivity index (χ2v) is 8.15. The second kappa shape index (κ2) is 7.80. The lowest BCUT2D eigenvalue weighted by atomic mass is 9.78. The monoisotopic (exact) mass is 320 g/mol. The Kier molecular flexibility index (Phi) is 7.68. The predicted molar refractivity (Wildman–Crippen MR) is 89.6 cm³/mol. The molecule has 0 bridgehead atoms. The summed E-state index contributed by atoms with van der Waals surface area (Å²) >= 11 is 0. The molecule has 3 atom stereocenters. The molecule has 126 valence electrons. The summed E-state index contributed by atoms with van der Waals surface area (Å²) in [5.41, 5.74) is 5.87. The third kappa shape index (κ3) is 6.13. The maximum atomic E-state index is 12.1. The molecule has 2 unspecified atom stereocenters. The van der Waals surface area contributed by atoms with E-state index in [9.17, 15) is 4.79 Å². The van der Waals surface area contributed by atoms with Crippen molar-refractivity contribution in [1.29, 1.82) is 0 Å². The molecule has 0 aromatic heterocycles. The van der Waals surface area contributed by atoms with E-state index in [1.165, 1.54) is 0 Å². The number of carbonyl (C=O) groups is 1. The fourth-order valence-corrected chi connectivity index (χ4v) is 2.74. The number of halogens is 1. The van der Waals surface area contributed by atoms with Gasteiger partial charge in [0.2, 0.25) is 5.91 Å². The summed E-state index contributed by atoms with van der Waals surface area (Å²) in [4.78, 5) is 12.1. The molecule has 0 aromatic rings. The smallest absolute Gasteiger partial charge is 0.237 e. The van der Waals surface area contributed by atoms with Gasteiger partial charge in [-0.2, -0.15) is 0 Å². The van der Waals surface area contributed by atoms with Crippen molar-refractivity contribution >= 4 is 18.3 Å². The van der Waals surface area contributed by atoms with Gasteiger partial charge < -0.3 is 15.8 Å². The lowest BCUT2D eigenvalue weighted by Gasteiger charge is -2.40. The number of carbonyl (C=O) groups excluding carboxylic acids is 1. The van der Waals surface area contributed by atoms with Gasteiger partial charge in [-0.15, -0.1) is 12.4 Å². The van der Waals surface area contributed by atoms with Crippen LogP contribution in [0.2, 0.25) is 0 Å². The van der Waals surface area contributed by atoms with E-state index in [1.54, 1.807) is 0 Å². The Hall–Kier alpha value is -0.320. The maximum absolute atomic E-state index is 12.1. The minimum Gasteiger partial charge on any atom is -0.377 e. The van der Waals surface area contributed by atoms with Crippen LogP contribution < -0.4 is 11.1 Å². The Morgan fingerprint density at radius 2 is 1.86 bits per heavy atom. The third-order valence-electron chi connectivity index (χ3n) is 4.05. The minimum atomic E-state index is -0.472. The topological polar surface area (TPSA) is 64.3 Å². The van der Waals surface area contributed by atoms with Crippen molar-refractivity contribution in [3.8, 4) is 0 Å². The van der Waals surface area contributed by atoms with E-state index in [0.29, 0.717) is 12.5 Å². The van der Waals surface area contributed by atoms with Gasteiger partial charge in [0.25, 0.3) is 0 Å². The number of rotatable bonds is 3. The molecule has 5 heteroatoms. The lowest BCUT2D eigenvalue weighted by Crippen LogP contribution is -2.51. The van der Waals surface area contributed by atoms with Crippen LogP contribution in [0.4, 0.5) is 0 Å². The number of amides is 1. The van der Waals surface area contributed by atoms with E-state index in [2.05, 4.69) is 26.1 Å². The normalized spacial score (nSPS) is 24.9. The molecule has 0 radical (unpaired) electrons. The van der Waals surface area contributed by atoms with E-state index in [0.717, 1.165) is 19.4 Å². The lowest BCUT2D eigenvalue weighted by molar-refractivity contribution is -0.126. The molecular weight excluding hydrogens is 288 g/mol. The highest BCUT2D eigenvalue weighted by Crippen LogP contribution is 2.33. The van der Waals surface area contributed by atoms with Crippen molar-refractivity contribution < 1.29 is 9.53 Å². The van der Waals surface area contributed by atoms with Gasteiger partial charge in [0.05, 0.1) is 12.1 Å². The van der Waals surface area contributed by atoms with Crippen molar-refractivity contribution in [2.75, 3.05) is 13.2 Å². The van der Waals surface area contributed by atoms with Crippen molar-refractivity contribution in [2.45, 2.75) is 66.5 Å². The fourth-order valence-electron chi connectivity index (χ4n) is 2.74.